The summed E-state index contributed by atoms with van der Waals surface area (Å²) < 4.78 is 25.3. The van der Waals surface area contributed by atoms with Gasteiger partial charge in [-0.25, -0.2) is 0 Å². The van der Waals surface area contributed by atoms with Crippen molar-refractivity contribution >= 4 is 16.0 Å². The fourth-order valence-corrected chi connectivity index (χ4v) is 1.18. The Bertz CT molecular complexity index is 233. The molecule has 2 N–H and O–H groups in total. The van der Waals surface area contributed by atoms with Gasteiger partial charge in [-0.3, -0.25) is 8.98 Å². The van der Waals surface area contributed by atoms with Crippen LogP contribution in [0.2, 0.25) is 0 Å². The quantitative estimate of drug-likeness (QED) is 0.577. The molecule has 11 heavy (non-hydrogen) atoms. The average molecular weight is 181 g/mol. The van der Waals surface area contributed by atoms with Gasteiger partial charge in [0.2, 0.25) is 5.91 Å². The molecule has 0 aliphatic carbocycles. The maximum atomic E-state index is 10.5. The number of hydrogen-bond donors (Lipinski definition) is 1. The van der Waals surface area contributed by atoms with Crippen LogP contribution in [-0.4, -0.2) is 26.7 Å². The summed E-state index contributed by atoms with van der Waals surface area (Å²) in [7, 11) is -3.58. The summed E-state index contributed by atoms with van der Waals surface area (Å²) in [4.78, 5) is 10.4. The van der Waals surface area contributed by atoms with Crippen molar-refractivity contribution in [3.05, 3.63) is 0 Å². The van der Waals surface area contributed by atoms with Crippen molar-refractivity contribution in [2.45, 2.75) is 19.4 Å². The van der Waals surface area contributed by atoms with Crippen molar-refractivity contribution in [1.29, 1.82) is 0 Å². The zero-order chi connectivity index (χ0) is 9.07. The van der Waals surface area contributed by atoms with E-state index < -0.39 is 22.1 Å². The normalized spacial score (nSPS) is 14.4. The highest BCUT2D eigenvalue weighted by Gasteiger charge is 2.18. The molecule has 0 saturated carbocycles. The number of primary amides is 1. The molecule has 5 nitrogen and oxygen atoms in total. The molecule has 0 rings (SSSR count). The Morgan fingerprint density at radius 2 is 2.09 bits per heavy atom. The molecule has 1 unspecified atom stereocenters. The lowest BCUT2D eigenvalue weighted by atomic mass is 10.3. The summed E-state index contributed by atoms with van der Waals surface area (Å²) in [6, 6.07) is 0. The van der Waals surface area contributed by atoms with Gasteiger partial charge in [-0.05, 0) is 6.42 Å². The second-order valence-corrected chi connectivity index (χ2v) is 3.70. The molecule has 0 radical (unpaired) electrons. The Labute approximate surface area is 65.6 Å². The first-order valence-electron chi connectivity index (χ1n) is 3.04. The van der Waals surface area contributed by atoms with E-state index in [0.717, 1.165) is 6.26 Å². The highest BCUT2D eigenvalue weighted by atomic mass is 32.2. The molecule has 0 fully saturated rings. The molecular weight excluding hydrogens is 170 g/mol. The zero-order valence-corrected chi connectivity index (χ0v) is 7.22. The van der Waals surface area contributed by atoms with Crippen LogP contribution < -0.4 is 5.73 Å². The van der Waals surface area contributed by atoms with Gasteiger partial charge in [0, 0.05) is 0 Å². The third kappa shape index (κ3) is 4.74. The van der Waals surface area contributed by atoms with E-state index in [0.29, 0.717) is 0 Å². The van der Waals surface area contributed by atoms with Gasteiger partial charge in [-0.2, -0.15) is 8.42 Å². The second kappa shape index (κ2) is 3.68. The first kappa shape index (κ1) is 10.4. The van der Waals surface area contributed by atoms with Gasteiger partial charge < -0.3 is 5.73 Å². The summed E-state index contributed by atoms with van der Waals surface area (Å²) in [5, 5.41) is 0. The summed E-state index contributed by atoms with van der Waals surface area (Å²) in [6.45, 7) is 1.61. The smallest absolute Gasteiger partial charge is 0.265 e. The molecule has 0 aromatic heterocycles. The molecule has 0 aliphatic heterocycles. The maximum absolute atomic E-state index is 10.5. The Morgan fingerprint density at radius 1 is 1.64 bits per heavy atom. The first-order valence-corrected chi connectivity index (χ1v) is 4.86. The molecule has 1 atom stereocenters. The van der Waals surface area contributed by atoms with Gasteiger partial charge >= 0.3 is 0 Å². The largest absolute Gasteiger partial charge is 0.367 e. The third-order valence-corrected chi connectivity index (χ3v) is 1.56. The third-order valence-electron chi connectivity index (χ3n) is 0.979. The van der Waals surface area contributed by atoms with Crippen molar-refractivity contribution in [2.75, 3.05) is 6.26 Å². The molecule has 6 heteroatoms. The first-order chi connectivity index (χ1) is 4.87. The van der Waals surface area contributed by atoms with E-state index in [2.05, 4.69) is 4.18 Å². The molecule has 0 aromatic carbocycles. The van der Waals surface area contributed by atoms with E-state index in [1.165, 1.54) is 0 Å². The molecule has 1 amide bonds. The number of carbonyl (C=O) groups excluding carboxylic acids is 1. The van der Waals surface area contributed by atoms with Crippen LogP contribution in [0.3, 0.4) is 0 Å². The van der Waals surface area contributed by atoms with Gasteiger partial charge in [0.1, 0.15) is 0 Å². The molecule has 0 aliphatic rings. The van der Waals surface area contributed by atoms with Crippen LogP contribution >= 0.6 is 0 Å². The Hall–Kier alpha value is -0.620. The van der Waals surface area contributed by atoms with Crippen molar-refractivity contribution < 1.29 is 17.4 Å². The van der Waals surface area contributed by atoms with E-state index >= 15 is 0 Å². The molecule has 0 heterocycles. The minimum atomic E-state index is -3.58. The van der Waals surface area contributed by atoms with E-state index in [4.69, 9.17) is 5.73 Å². The summed E-state index contributed by atoms with van der Waals surface area (Å²) in [5.74, 6) is -0.766. The Balaban J connectivity index is 4.22. The van der Waals surface area contributed by atoms with Crippen LogP contribution in [0.5, 0.6) is 0 Å². The van der Waals surface area contributed by atoms with E-state index in [1.54, 1.807) is 6.92 Å². The molecule has 0 saturated heterocycles. The number of carbonyl (C=O) groups is 1. The number of rotatable bonds is 4. The molecule has 66 valence electrons. The lowest BCUT2D eigenvalue weighted by Gasteiger charge is -2.08. The maximum Gasteiger partial charge on any atom is 0.265 e. The fraction of sp³-hybridized carbons (Fsp3) is 0.800. The highest BCUT2D eigenvalue weighted by molar-refractivity contribution is 7.86. The Morgan fingerprint density at radius 3 is 2.18 bits per heavy atom. The van der Waals surface area contributed by atoms with E-state index in [-0.39, 0.29) is 6.42 Å². The van der Waals surface area contributed by atoms with Crippen LogP contribution in [0.25, 0.3) is 0 Å². The summed E-state index contributed by atoms with van der Waals surface area (Å²) in [5.41, 5.74) is 4.83. The minimum absolute atomic E-state index is 0.252. The Kier molecular flexibility index (Phi) is 3.47. The minimum Gasteiger partial charge on any atom is -0.367 e. The standard InChI is InChI=1S/C5H11NO4S/c1-3-4(5(6)7)10-11(2,8)9/h4H,3H2,1-2H3,(H2,6,7). The van der Waals surface area contributed by atoms with E-state index in [1.807, 2.05) is 0 Å². The monoisotopic (exact) mass is 181 g/mol. The topological polar surface area (TPSA) is 86.5 Å². The van der Waals surface area contributed by atoms with Crippen molar-refractivity contribution in [2.24, 2.45) is 5.73 Å². The van der Waals surface area contributed by atoms with Gasteiger partial charge in [-0.15, -0.1) is 0 Å². The SMILES string of the molecule is CCC(OS(C)(=O)=O)C(N)=O. The lowest BCUT2D eigenvalue weighted by molar-refractivity contribution is -0.124. The second-order valence-electron chi connectivity index (χ2n) is 2.10. The van der Waals surface area contributed by atoms with Crippen molar-refractivity contribution in [3.63, 3.8) is 0 Å². The van der Waals surface area contributed by atoms with Gasteiger partial charge in [0.25, 0.3) is 10.1 Å². The molecule has 0 spiro atoms. The number of nitrogens with two attached hydrogens (primary N) is 1. The van der Waals surface area contributed by atoms with Crippen LogP contribution in [0.4, 0.5) is 0 Å². The van der Waals surface area contributed by atoms with Crippen LogP contribution in [-0.2, 0) is 19.1 Å². The van der Waals surface area contributed by atoms with Gasteiger partial charge in [0.15, 0.2) is 6.10 Å². The molecule has 0 bridgehead atoms. The van der Waals surface area contributed by atoms with E-state index in [9.17, 15) is 13.2 Å². The number of hydrogen-bond acceptors (Lipinski definition) is 4. The fourth-order valence-electron chi connectivity index (χ4n) is 0.528. The summed E-state index contributed by atoms with van der Waals surface area (Å²) >= 11 is 0. The molecule has 0 aromatic rings. The van der Waals surface area contributed by atoms with Gasteiger partial charge in [0.05, 0.1) is 6.26 Å². The average Bonchev–Trinajstić information content (AvgIpc) is 1.80. The summed E-state index contributed by atoms with van der Waals surface area (Å²) in [6.07, 6.45) is 0.0890. The van der Waals surface area contributed by atoms with Crippen molar-refractivity contribution in [1.82, 2.24) is 0 Å². The zero-order valence-electron chi connectivity index (χ0n) is 6.40. The number of amides is 1. The highest BCUT2D eigenvalue weighted by Crippen LogP contribution is 2.00. The predicted octanol–water partition coefficient (Wildman–Crippen LogP) is -0.774. The van der Waals surface area contributed by atoms with Gasteiger partial charge in [-0.1, -0.05) is 6.92 Å². The van der Waals surface area contributed by atoms with Crippen molar-refractivity contribution in [3.8, 4) is 0 Å². The predicted molar refractivity (Wildman–Crippen MR) is 39.2 cm³/mol. The van der Waals surface area contributed by atoms with Crippen LogP contribution in [0.1, 0.15) is 13.3 Å². The van der Waals surface area contributed by atoms with Crippen LogP contribution in [0.15, 0.2) is 0 Å². The molecular formula is C5H11NO4S. The van der Waals surface area contributed by atoms with Crippen LogP contribution in [0, 0.1) is 0 Å². The lowest BCUT2D eigenvalue weighted by Crippen LogP contribution is -2.32.